The fourth-order valence-electron chi connectivity index (χ4n) is 4.44. The maximum atomic E-state index is 12.0. The second-order valence-corrected chi connectivity index (χ2v) is 13.3. The Morgan fingerprint density at radius 2 is 1.02 bits per heavy atom. The number of hydrogen-bond acceptors (Lipinski definition) is 19. The first kappa shape index (κ1) is 37.8. The molecule has 0 aromatic heterocycles. The minimum Gasteiger partial charge on any atom is -0.504 e. The first-order chi connectivity index (χ1) is 25.2. The Bertz CT molecular complexity index is 2730. The minimum atomic E-state index is -4.98. The second kappa shape index (κ2) is 14.3. The predicted octanol–water partition coefficient (Wildman–Crippen LogP) is 7.42. The first-order valence-corrected chi connectivity index (χ1v) is 16.9. The van der Waals surface area contributed by atoms with E-state index in [0.29, 0.717) is 12.1 Å². The van der Waals surface area contributed by atoms with Gasteiger partial charge in [-0.2, -0.15) is 21.9 Å². The maximum absolute atomic E-state index is 12.0. The van der Waals surface area contributed by atoms with E-state index < -0.39 is 102 Å². The van der Waals surface area contributed by atoms with Crippen molar-refractivity contribution in [3.05, 3.63) is 103 Å². The Hall–Kier alpha value is -7.42. The number of rotatable bonds is 11. The van der Waals surface area contributed by atoms with Crippen molar-refractivity contribution >= 4 is 82.2 Å². The molecule has 5 aromatic carbocycles. The maximum Gasteiger partial charge on any atom is 0.319 e. The molecule has 5 rings (SSSR count). The zero-order chi connectivity index (χ0) is 39.7. The van der Waals surface area contributed by atoms with Crippen LogP contribution in [0.3, 0.4) is 0 Å². The normalized spacial score (nSPS) is 12.3. The molecule has 0 unspecified atom stereocenters. The average molecular weight is 784 g/mol. The van der Waals surface area contributed by atoms with Crippen LogP contribution in [-0.4, -0.2) is 56.0 Å². The van der Waals surface area contributed by atoms with Gasteiger partial charge in [-0.25, -0.2) is 0 Å². The van der Waals surface area contributed by atoms with Gasteiger partial charge >= 0.3 is 5.69 Å². The van der Waals surface area contributed by atoms with Crippen molar-refractivity contribution in [2.24, 2.45) is 30.7 Å². The van der Waals surface area contributed by atoms with Crippen LogP contribution < -0.4 is 0 Å². The molecule has 5 N–H and O–H groups in total. The Balaban J connectivity index is 1.71. The molecule has 0 fully saturated rings. The van der Waals surface area contributed by atoms with Crippen LogP contribution in [-0.2, 0) is 20.2 Å². The summed E-state index contributed by atoms with van der Waals surface area (Å²) < 4.78 is 66.6. The number of azo groups is 3. The molecule has 276 valence electrons. The SMILES string of the molecule is O=[N+]([O-])c1ccc(N=Nc2cc(N=Nc3cc([N+](=O)[O-])cc([N+](=O)[O-])c3O)c(O)c(N=Nc3cc(S(=O)(=O)O)cc4cc(S(=O)(=O)O)ccc34)c2O)cc1. The fraction of sp³-hybridized carbons (Fsp3) is 0. The van der Waals surface area contributed by atoms with Gasteiger partial charge in [0.25, 0.3) is 31.6 Å². The lowest BCUT2D eigenvalue weighted by atomic mass is 10.1. The number of nitrogens with zero attached hydrogens (tertiary/aromatic N) is 9. The van der Waals surface area contributed by atoms with Crippen LogP contribution >= 0.6 is 0 Å². The number of phenolic OH excluding ortho intramolecular Hbond substituents is 3. The van der Waals surface area contributed by atoms with Crippen LogP contribution in [0.25, 0.3) is 10.8 Å². The van der Waals surface area contributed by atoms with Crippen LogP contribution in [0.1, 0.15) is 0 Å². The summed E-state index contributed by atoms with van der Waals surface area (Å²) >= 11 is 0. The molecule has 24 nitrogen and oxygen atoms in total. The Morgan fingerprint density at radius 3 is 1.56 bits per heavy atom. The summed E-state index contributed by atoms with van der Waals surface area (Å²) in [6, 6.07) is 10.9. The molecule has 0 aliphatic heterocycles. The standard InChI is InChI=1S/C28H17N9O15S2/c38-26-21(9-16(36(43)44)10-24(26)37(45)46)32-33-23-12-22(31-29-14-1-3-15(4-2-14)35(41)42)27(39)25(28(23)40)34-30-20-11-18(54(50,51)52)8-13-7-17(53(47,48)49)5-6-19(13)20/h1-12,38-40H,(H,47,48,49)(H,50,51,52). The van der Waals surface area contributed by atoms with Gasteiger partial charge in [-0.05, 0) is 41.8 Å². The van der Waals surface area contributed by atoms with Crippen molar-refractivity contribution in [3.63, 3.8) is 0 Å². The topological polar surface area (TPSA) is 373 Å². The molecular formula is C28H17N9O15S2. The summed E-state index contributed by atoms with van der Waals surface area (Å²) in [5.41, 5.74) is -5.68. The van der Waals surface area contributed by atoms with Crippen LogP contribution in [0.4, 0.5) is 51.2 Å². The number of fused-ring (bicyclic) bond motifs is 1. The Labute approximate surface area is 298 Å². The van der Waals surface area contributed by atoms with Gasteiger partial charge in [0.1, 0.15) is 17.1 Å². The van der Waals surface area contributed by atoms with E-state index in [2.05, 4.69) is 30.7 Å². The van der Waals surface area contributed by atoms with Gasteiger partial charge in [0.15, 0.2) is 17.2 Å². The van der Waals surface area contributed by atoms with Crippen molar-refractivity contribution in [2.45, 2.75) is 9.79 Å². The molecular weight excluding hydrogens is 766 g/mol. The highest BCUT2D eigenvalue weighted by atomic mass is 32.2. The van der Waals surface area contributed by atoms with Gasteiger partial charge < -0.3 is 15.3 Å². The summed E-state index contributed by atoms with van der Waals surface area (Å²) in [6.07, 6.45) is 0. The number of nitro groups is 3. The fourth-order valence-corrected chi connectivity index (χ4v) is 5.49. The largest absolute Gasteiger partial charge is 0.504 e. The highest BCUT2D eigenvalue weighted by molar-refractivity contribution is 7.86. The molecule has 0 atom stereocenters. The van der Waals surface area contributed by atoms with E-state index in [1.807, 2.05) is 0 Å². The van der Waals surface area contributed by atoms with Crippen LogP contribution in [0.15, 0.2) is 113 Å². The molecule has 54 heavy (non-hydrogen) atoms. The zero-order valence-corrected chi connectivity index (χ0v) is 27.7. The summed E-state index contributed by atoms with van der Waals surface area (Å²) in [6.45, 7) is 0. The number of phenols is 3. The van der Waals surface area contributed by atoms with Crippen molar-refractivity contribution < 1.29 is 56.0 Å². The second-order valence-electron chi connectivity index (χ2n) is 10.5. The summed E-state index contributed by atoms with van der Waals surface area (Å²) in [5.74, 6) is -3.22. The highest BCUT2D eigenvalue weighted by Crippen LogP contribution is 2.51. The average Bonchev–Trinajstić information content (AvgIpc) is 3.10. The molecule has 0 radical (unpaired) electrons. The predicted molar refractivity (Wildman–Crippen MR) is 180 cm³/mol. The zero-order valence-electron chi connectivity index (χ0n) is 26.1. The van der Waals surface area contributed by atoms with E-state index in [0.717, 1.165) is 48.5 Å². The van der Waals surface area contributed by atoms with E-state index in [9.17, 15) is 71.6 Å². The number of hydrogen-bond donors (Lipinski definition) is 5. The molecule has 0 saturated carbocycles. The molecule has 0 aliphatic carbocycles. The molecule has 5 aromatic rings. The molecule has 0 saturated heterocycles. The lowest BCUT2D eigenvalue weighted by Crippen LogP contribution is -2.00. The molecule has 0 heterocycles. The molecule has 0 bridgehead atoms. The van der Waals surface area contributed by atoms with Gasteiger partial charge in [0.05, 0.1) is 42.0 Å². The van der Waals surface area contributed by atoms with E-state index in [4.69, 9.17) is 0 Å². The highest BCUT2D eigenvalue weighted by Gasteiger charge is 2.25. The Morgan fingerprint density at radius 1 is 0.500 bits per heavy atom. The smallest absolute Gasteiger partial charge is 0.319 e. The van der Waals surface area contributed by atoms with Gasteiger partial charge in [-0.1, -0.05) is 6.07 Å². The van der Waals surface area contributed by atoms with Gasteiger partial charge in [0, 0.05) is 29.7 Å². The van der Waals surface area contributed by atoms with E-state index in [1.54, 1.807) is 0 Å². The summed E-state index contributed by atoms with van der Waals surface area (Å²) in [5, 5.41) is 88.4. The summed E-state index contributed by atoms with van der Waals surface area (Å²) in [4.78, 5) is 29.4. The molecule has 0 aliphatic rings. The lowest BCUT2D eigenvalue weighted by Gasteiger charge is -2.09. The number of aromatic hydroxyl groups is 3. The van der Waals surface area contributed by atoms with Crippen molar-refractivity contribution in [1.82, 2.24) is 0 Å². The first-order valence-electron chi connectivity index (χ1n) is 14.0. The quantitative estimate of drug-likeness (QED) is 0.0376. The van der Waals surface area contributed by atoms with E-state index in [-0.39, 0.29) is 22.1 Å². The van der Waals surface area contributed by atoms with Crippen molar-refractivity contribution in [2.75, 3.05) is 0 Å². The van der Waals surface area contributed by atoms with Crippen molar-refractivity contribution in [1.29, 1.82) is 0 Å². The van der Waals surface area contributed by atoms with Crippen LogP contribution in [0, 0.1) is 30.3 Å². The van der Waals surface area contributed by atoms with Crippen molar-refractivity contribution in [3.8, 4) is 17.2 Å². The molecule has 0 amide bonds. The van der Waals surface area contributed by atoms with Gasteiger partial charge in [0.2, 0.25) is 5.75 Å². The van der Waals surface area contributed by atoms with Crippen LogP contribution in [0.5, 0.6) is 17.2 Å². The number of nitro benzene ring substituents is 3. The monoisotopic (exact) mass is 783 g/mol. The number of non-ortho nitro benzene ring substituents is 2. The van der Waals surface area contributed by atoms with Crippen LogP contribution in [0.2, 0.25) is 0 Å². The number of benzene rings is 5. The minimum absolute atomic E-state index is 0.00557. The lowest BCUT2D eigenvalue weighted by molar-refractivity contribution is -0.394. The third-order valence-corrected chi connectivity index (χ3v) is 8.68. The molecule has 0 spiro atoms. The summed E-state index contributed by atoms with van der Waals surface area (Å²) in [7, 11) is -9.77. The van der Waals surface area contributed by atoms with E-state index in [1.165, 1.54) is 12.1 Å². The molecule has 26 heteroatoms. The third-order valence-electron chi connectivity index (χ3n) is 7.00. The Kier molecular flexibility index (Phi) is 10.0. The van der Waals surface area contributed by atoms with E-state index >= 15 is 0 Å². The van der Waals surface area contributed by atoms with Gasteiger partial charge in [-0.3, -0.25) is 39.4 Å². The van der Waals surface area contributed by atoms with Gasteiger partial charge in [-0.15, -0.1) is 25.6 Å². The third kappa shape index (κ3) is 8.05.